The summed E-state index contributed by atoms with van der Waals surface area (Å²) in [5.41, 5.74) is 0. The van der Waals surface area contributed by atoms with Crippen molar-refractivity contribution in [2.45, 2.75) is 31.8 Å². The molecule has 0 N–H and O–H groups in total. The van der Waals surface area contributed by atoms with Crippen molar-refractivity contribution in [1.29, 1.82) is 0 Å². The normalized spacial score (nSPS) is 22.1. The Labute approximate surface area is 77.0 Å². The molecule has 12 heavy (non-hydrogen) atoms. The first-order chi connectivity index (χ1) is 5.83. The number of halogens is 1. The van der Waals surface area contributed by atoms with Crippen LogP contribution in [0.5, 0.6) is 0 Å². The third-order valence-corrected chi connectivity index (χ3v) is 2.08. The van der Waals surface area contributed by atoms with Crippen LogP contribution in [0.1, 0.15) is 25.7 Å². The van der Waals surface area contributed by atoms with Crippen molar-refractivity contribution >= 4 is 17.8 Å². The van der Waals surface area contributed by atoms with Gasteiger partial charge in [0.05, 0.1) is 0 Å². The fraction of sp³-hybridized carbons (Fsp3) is 0.875. The van der Waals surface area contributed by atoms with E-state index in [-0.39, 0.29) is 6.10 Å². The summed E-state index contributed by atoms with van der Waals surface area (Å²) in [6, 6.07) is 0. The van der Waals surface area contributed by atoms with Crippen LogP contribution in [-0.4, -0.2) is 24.7 Å². The molecule has 1 aliphatic rings. The molecular weight excluding hydrogens is 180 g/mol. The lowest BCUT2D eigenvalue weighted by atomic mass is 10.1. The molecule has 1 aliphatic heterocycles. The van der Waals surface area contributed by atoms with Gasteiger partial charge in [-0.05, 0) is 19.3 Å². The predicted molar refractivity (Wildman–Crippen MR) is 45.4 cm³/mol. The van der Waals surface area contributed by atoms with Gasteiger partial charge in [0.25, 0.3) is 0 Å². The van der Waals surface area contributed by atoms with Crippen LogP contribution < -0.4 is 0 Å². The highest BCUT2D eigenvalue weighted by molar-refractivity contribution is 6.17. The Balaban J connectivity index is 1.97. The maximum Gasteiger partial charge on any atom is 0.508 e. The Morgan fingerprint density at radius 1 is 1.42 bits per heavy atom. The first-order valence-electron chi connectivity index (χ1n) is 4.22. The van der Waals surface area contributed by atoms with E-state index in [1.165, 1.54) is 0 Å². The van der Waals surface area contributed by atoms with Gasteiger partial charge in [0.1, 0.15) is 12.7 Å². The quantitative estimate of drug-likeness (QED) is 0.381. The minimum Gasteiger partial charge on any atom is -0.430 e. The zero-order valence-electron chi connectivity index (χ0n) is 6.92. The van der Waals surface area contributed by atoms with Crippen LogP contribution in [0.2, 0.25) is 0 Å². The minimum absolute atomic E-state index is 0.0205. The lowest BCUT2D eigenvalue weighted by molar-refractivity contribution is 0.115. The van der Waals surface area contributed by atoms with Gasteiger partial charge in [-0.3, -0.25) is 0 Å². The van der Waals surface area contributed by atoms with E-state index >= 15 is 0 Å². The van der Waals surface area contributed by atoms with Crippen molar-refractivity contribution < 1.29 is 14.3 Å². The van der Waals surface area contributed by atoms with Crippen molar-refractivity contribution in [3.8, 4) is 0 Å². The van der Waals surface area contributed by atoms with Crippen LogP contribution in [0.25, 0.3) is 0 Å². The van der Waals surface area contributed by atoms with E-state index in [9.17, 15) is 4.79 Å². The van der Waals surface area contributed by atoms with Crippen LogP contribution in [0.4, 0.5) is 4.79 Å². The molecular formula is C8H13ClO3. The first kappa shape index (κ1) is 9.65. The lowest BCUT2D eigenvalue weighted by Crippen LogP contribution is -2.09. The van der Waals surface area contributed by atoms with Gasteiger partial charge in [-0.1, -0.05) is 6.42 Å². The molecule has 0 saturated carbocycles. The molecule has 1 saturated heterocycles. The number of hydrogen-bond acceptors (Lipinski definition) is 3. The highest BCUT2D eigenvalue weighted by Gasteiger charge is 2.23. The van der Waals surface area contributed by atoms with Crippen LogP contribution in [0, 0.1) is 0 Å². The Morgan fingerprint density at radius 3 is 2.83 bits per heavy atom. The number of carbonyl (C=O) groups excluding carboxylic acids is 1. The van der Waals surface area contributed by atoms with E-state index < -0.39 is 6.16 Å². The molecule has 4 heteroatoms. The fourth-order valence-electron chi connectivity index (χ4n) is 1.15. The molecule has 0 bridgehead atoms. The molecule has 0 aromatic rings. The summed E-state index contributed by atoms with van der Waals surface area (Å²) in [4.78, 5) is 10.5. The molecule has 0 aromatic carbocycles. The van der Waals surface area contributed by atoms with E-state index in [4.69, 9.17) is 16.3 Å². The van der Waals surface area contributed by atoms with Gasteiger partial charge in [-0.2, -0.15) is 0 Å². The Bertz CT molecular complexity index is 149. The van der Waals surface area contributed by atoms with E-state index in [0.29, 0.717) is 12.5 Å². The van der Waals surface area contributed by atoms with Gasteiger partial charge in [-0.15, -0.1) is 11.6 Å². The van der Waals surface area contributed by atoms with Crippen molar-refractivity contribution in [3.63, 3.8) is 0 Å². The molecule has 1 unspecified atom stereocenters. The third kappa shape index (κ3) is 3.30. The van der Waals surface area contributed by atoms with E-state index in [1.807, 2.05) is 0 Å². The largest absolute Gasteiger partial charge is 0.508 e. The molecule has 0 aromatic heterocycles. The van der Waals surface area contributed by atoms with E-state index in [0.717, 1.165) is 25.7 Å². The average Bonchev–Trinajstić information content (AvgIpc) is 2.45. The summed E-state index contributed by atoms with van der Waals surface area (Å²) in [7, 11) is 0. The van der Waals surface area contributed by atoms with Gasteiger partial charge >= 0.3 is 6.16 Å². The SMILES string of the molecule is O=C1OCC(CCCCCCl)O1. The van der Waals surface area contributed by atoms with Crippen molar-refractivity contribution in [1.82, 2.24) is 0 Å². The van der Waals surface area contributed by atoms with Crippen molar-refractivity contribution in [2.24, 2.45) is 0 Å². The Kier molecular flexibility index (Phi) is 4.22. The summed E-state index contributed by atoms with van der Waals surface area (Å²) in [6.07, 6.45) is 3.52. The second-order valence-corrected chi connectivity index (χ2v) is 3.22. The van der Waals surface area contributed by atoms with Crippen LogP contribution in [0.3, 0.4) is 0 Å². The standard InChI is InChI=1S/C8H13ClO3/c9-5-3-1-2-4-7-6-11-8(10)12-7/h7H,1-6H2. The van der Waals surface area contributed by atoms with Gasteiger partial charge in [0.15, 0.2) is 0 Å². The molecule has 1 fully saturated rings. The van der Waals surface area contributed by atoms with E-state index in [1.54, 1.807) is 0 Å². The van der Waals surface area contributed by atoms with Crippen LogP contribution >= 0.6 is 11.6 Å². The third-order valence-electron chi connectivity index (χ3n) is 1.81. The second kappa shape index (κ2) is 5.25. The highest BCUT2D eigenvalue weighted by atomic mass is 35.5. The summed E-state index contributed by atoms with van der Waals surface area (Å²) in [5, 5.41) is 0. The zero-order chi connectivity index (χ0) is 8.81. The van der Waals surface area contributed by atoms with Gasteiger partial charge < -0.3 is 9.47 Å². The summed E-state index contributed by atoms with van der Waals surface area (Å²) >= 11 is 5.51. The number of alkyl halides is 1. The Morgan fingerprint density at radius 2 is 2.25 bits per heavy atom. The summed E-state index contributed by atoms with van der Waals surface area (Å²) < 4.78 is 9.48. The van der Waals surface area contributed by atoms with Crippen molar-refractivity contribution in [2.75, 3.05) is 12.5 Å². The number of cyclic esters (lactones) is 2. The molecule has 0 amide bonds. The zero-order valence-corrected chi connectivity index (χ0v) is 7.68. The van der Waals surface area contributed by atoms with Crippen LogP contribution in [0.15, 0.2) is 0 Å². The number of rotatable bonds is 5. The topological polar surface area (TPSA) is 35.5 Å². The molecule has 1 heterocycles. The molecule has 70 valence electrons. The number of unbranched alkanes of at least 4 members (excludes halogenated alkanes) is 2. The predicted octanol–water partition coefficient (Wildman–Crippen LogP) is 2.32. The lowest BCUT2D eigenvalue weighted by Gasteiger charge is -2.04. The number of hydrogen-bond donors (Lipinski definition) is 0. The number of ether oxygens (including phenoxy) is 2. The van der Waals surface area contributed by atoms with Gasteiger partial charge in [0.2, 0.25) is 0 Å². The molecule has 0 aliphatic carbocycles. The summed E-state index contributed by atoms with van der Waals surface area (Å²) in [5.74, 6) is 0.709. The van der Waals surface area contributed by atoms with E-state index in [2.05, 4.69) is 4.74 Å². The highest BCUT2D eigenvalue weighted by Crippen LogP contribution is 2.13. The second-order valence-electron chi connectivity index (χ2n) is 2.84. The Hall–Kier alpha value is -0.440. The maximum atomic E-state index is 10.5. The molecule has 1 rings (SSSR count). The molecule has 3 nitrogen and oxygen atoms in total. The smallest absolute Gasteiger partial charge is 0.430 e. The van der Waals surface area contributed by atoms with Crippen LogP contribution in [-0.2, 0) is 9.47 Å². The van der Waals surface area contributed by atoms with Gasteiger partial charge in [-0.25, -0.2) is 4.79 Å². The minimum atomic E-state index is -0.530. The molecule has 0 radical (unpaired) electrons. The molecule has 0 spiro atoms. The first-order valence-corrected chi connectivity index (χ1v) is 4.76. The summed E-state index contributed by atoms with van der Waals surface area (Å²) in [6.45, 7) is 0.416. The number of carbonyl (C=O) groups is 1. The van der Waals surface area contributed by atoms with Crippen molar-refractivity contribution in [3.05, 3.63) is 0 Å². The molecule has 1 atom stereocenters. The fourth-order valence-corrected chi connectivity index (χ4v) is 1.34. The average molecular weight is 193 g/mol. The maximum absolute atomic E-state index is 10.5. The van der Waals surface area contributed by atoms with Gasteiger partial charge in [0, 0.05) is 5.88 Å². The monoisotopic (exact) mass is 192 g/mol.